The van der Waals surface area contributed by atoms with Crippen LogP contribution in [0.25, 0.3) is 0 Å². The van der Waals surface area contributed by atoms with Crippen molar-refractivity contribution in [3.63, 3.8) is 0 Å². The van der Waals surface area contributed by atoms with Gasteiger partial charge >= 0.3 is 0 Å². The maximum atomic E-state index is 13.6. The summed E-state index contributed by atoms with van der Waals surface area (Å²) in [6.07, 6.45) is 0.904. The van der Waals surface area contributed by atoms with Gasteiger partial charge in [-0.2, -0.15) is 0 Å². The van der Waals surface area contributed by atoms with Gasteiger partial charge in [0, 0.05) is 6.07 Å². The number of nitrogens with one attached hydrogen (secondary N) is 1. The SMILES string of the molecule is Cc1ccc([C@@H](C)NC(=O)[C@@H](C)N(c2ccc(F)c(F)c2)S(C)(=O)=O)cc1. The second-order valence-corrected chi connectivity index (χ2v) is 8.33. The van der Waals surface area contributed by atoms with Gasteiger partial charge in [-0.1, -0.05) is 29.8 Å². The number of anilines is 1. The van der Waals surface area contributed by atoms with E-state index in [1.54, 1.807) is 6.92 Å². The summed E-state index contributed by atoms with van der Waals surface area (Å²) < 4.78 is 51.9. The molecule has 0 aromatic heterocycles. The fraction of sp³-hybridized carbons (Fsp3) is 0.316. The Bertz CT molecular complexity index is 930. The summed E-state index contributed by atoms with van der Waals surface area (Å²) in [6, 6.07) is 8.74. The van der Waals surface area contributed by atoms with Gasteiger partial charge < -0.3 is 5.32 Å². The van der Waals surface area contributed by atoms with E-state index in [4.69, 9.17) is 0 Å². The first-order chi connectivity index (χ1) is 12.5. The highest BCUT2D eigenvalue weighted by molar-refractivity contribution is 7.92. The molecular formula is C19H22F2N2O3S. The molecule has 0 heterocycles. The van der Waals surface area contributed by atoms with Crippen molar-refractivity contribution >= 4 is 21.6 Å². The summed E-state index contributed by atoms with van der Waals surface area (Å²) in [7, 11) is -3.91. The van der Waals surface area contributed by atoms with Crippen LogP contribution in [0.2, 0.25) is 0 Å². The summed E-state index contributed by atoms with van der Waals surface area (Å²) in [4.78, 5) is 12.6. The first-order valence-electron chi connectivity index (χ1n) is 8.32. The molecular weight excluding hydrogens is 374 g/mol. The number of carbonyl (C=O) groups is 1. The van der Waals surface area contributed by atoms with Crippen molar-refractivity contribution in [2.45, 2.75) is 32.9 Å². The molecule has 2 atom stereocenters. The van der Waals surface area contributed by atoms with Crippen LogP contribution in [0.3, 0.4) is 0 Å². The number of rotatable bonds is 6. The highest BCUT2D eigenvalue weighted by Crippen LogP contribution is 2.23. The van der Waals surface area contributed by atoms with Crippen LogP contribution in [0.1, 0.15) is 31.0 Å². The minimum Gasteiger partial charge on any atom is -0.348 e. The van der Waals surface area contributed by atoms with Crippen LogP contribution in [-0.4, -0.2) is 26.6 Å². The van der Waals surface area contributed by atoms with E-state index in [-0.39, 0.29) is 11.7 Å². The van der Waals surface area contributed by atoms with Crippen molar-refractivity contribution in [3.05, 3.63) is 65.2 Å². The molecule has 2 rings (SSSR count). The number of hydrogen-bond donors (Lipinski definition) is 1. The van der Waals surface area contributed by atoms with Crippen LogP contribution in [-0.2, 0) is 14.8 Å². The first kappa shape index (κ1) is 20.8. The maximum Gasteiger partial charge on any atom is 0.244 e. The standard InChI is InChI=1S/C19H22F2N2O3S/c1-12-5-7-15(8-6-12)13(2)22-19(24)14(3)23(27(4,25)26)16-9-10-17(20)18(21)11-16/h5-11,13-14H,1-4H3,(H,22,24)/t13-,14-/m1/s1. The molecule has 1 amide bonds. The number of amides is 1. The summed E-state index contributed by atoms with van der Waals surface area (Å²) >= 11 is 0. The van der Waals surface area contributed by atoms with Gasteiger partial charge in [0.25, 0.3) is 0 Å². The largest absolute Gasteiger partial charge is 0.348 e. The Hall–Kier alpha value is -2.48. The smallest absolute Gasteiger partial charge is 0.244 e. The van der Waals surface area contributed by atoms with E-state index in [1.165, 1.54) is 6.92 Å². The zero-order chi connectivity index (χ0) is 20.4. The van der Waals surface area contributed by atoms with Crippen LogP contribution in [0, 0.1) is 18.6 Å². The van der Waals surface area contributed by atoms with Crippen molar-refractivity contribution < 1.29 is 22.0 Å². The molecule has 2 aromatic rings. The molecule has 0 aliphatic heterocycles. The van der Waals surface area contributed by atoms with Gasteiger partial charge in [-0.05, 0) is 38.5 Å². The van der Waals surface area contributed by atoms with Crippen molar-refractivity contribution in [1.29, 1.82) is 0 Å². The molecule has 0 radical (unpaired) electrons. The van der Waals surface area contributed by atoms with Gasteiger partial charge in [-0.25, -0.2) is 17.2 Å². The van der Waals surface area contributed by atoms with E-state index in [2.05, 4.69) is 5.32 Å². The van der Waals surface area contributed by atoms with Crippen molar-refractivity contribution in [1.82, 2.24) is 5.32 Å². The minimum absolute atomic E-state index is 0.123. The highest BCUT2D eigenvalue weighted by Gasteiger charge is 2.30. The molecule has 2 aromatic carbocycles. The van der Waals surface area contributed by atoms with Gasteiger partial charge in [0.15, 0.2) is 11.6 Å². The predicted molar refractivity (Wildman–Crippen MR) is 101 cm³/mol. The van der Waals surface area contributed by atoms with E-state index < -0.39 is 33.6 Å². The predicted octanol–water partition coefficient (Wildman–Crippen LogP) is 3.31. The Labute approximate surface area is 158 Å². The lowest BCUT2D eigenvalue weighted by atomic mass is 10.1. The van der Waals surface area contributed by atoms with Gasteiger partial charge in [0.05, 0.1) is 18.0 Å². The van der Waals surface area contributed by atoms with Crippen LogP contribution in [0.5, 0.6) is 0 Å². The zero-order valence-corrected chi connectivity index (χ0v) is 16.3. The van der Waals surface area contributed by atoms with E-state index in [0.29, 0.717) is 0 Å². The number of benzene rings is 2. The average molecular weight is 396 g/mol. The topological polar surface area (TPSA) is 66.5 Å². The molecule has 0 aliphatic carbocycles. The van der Waals surface area contributed by atoms with E-state index in [1.807, 2.05) is 31.2 Å². The van der Waals surface area contributed by atoms with Gasteiger partial charge in [-0.3, -0.25) is 9.10 Å². The normalized spacial score (nSPS) is 13.7. The average Bonchev–Trinajstić information content (AvgIpc) is 2.57. The van der Waals surface area contributed by atoms with Crippen LogP contribution >= 0.6 is 0 Å². The third kappa shape index (κ3) is 5.03. The van der Waals surface area contributed by atoms with Crippen molar-refractivity contribution in [2.75, 3.05) is 10.6 Å². The molecule has 1 N–H and O–H groups in total. The molecule has 5 nitrogen and oxygen atoms in total. The molecule has 0 saturated heterocycles. The Balaban J connectivity index is 2.26. The third-order valence-corrected chi connectivity index (χ3v) is 5.42. The fourth-order valence-corrected chi connectivity index (χ4v) is 3.87. The lowest BCUT2D eigenvalue weighted by Gasteiger charge is -2.29. The van der Waals surface area contributed by atoms with Crippen molar-refractivity contribution in [3.8, 4) is 0 Å². The van der Waals surface area contributed by atoms with Gasteiger partial charge in [0.2, 0.25) is 15.9 Å². The third-order valence-electron chi connectivity index (χ3n) is 4.18. The maximum absolute atomic E-state index is 13.6. The van der Waals surface area contributed by atoms with Gasteiger partial charge in [0.1, 0.15) is 6.04 Å². The number of nitrogens with zero attached hydrogens (tertiary/aromatic N) is 1. The molecule has 146 valence electrons. The molecule has 0 saturated carbocycles. The van der Waals surface area contributed by atoms with Crippen molar-refractivity contribution in [2.24, 2.45) is 0 Å². The Morgan fingerprint density at radius 2 is 1.63 bits per heavy atom. The molecule has 0 bridgehead atoms. The van der Waals surface area contributed by atoms with Crippen LogP contribution in [0.4, 0.5) is 14.5 Å². The monoisotopic (exact) mass is 396 g/mol. The Morgan fingerprint density at radius 3 is 2.15 bits per heavy atom. The molecule has 0 fully saturated rings. The van der Waals surface area contributed by atoms with Crippen LogP contribution in [0.15, 0.2) is 42.5 Å². The number of hydrogen-bond acceptors (Lipinski definition) is 3. The molecule has 0 spiro atoms. The summed E-state index contributed by atoms with van der Waals surface area (Å²) in [6.45, 7) is 5.11. The van der Waals surface area contributed by atoms with Crippen LogP contribution < -0.4 is 9.62 Å². The number of carbonyl (C=O) groups excluding carboxylic acids is 1. The number of halogens is 2. The minimum atomic E-state index is -3.91. The summed E-state index contributed by atoms with van der Waals surface area (Å²) in [5.74, 6) is -2.85. The summed E-state index contributed by atoms with van der Waals surface area (Å²) in [5.41, 5.74) is 1.81. The second-order valence-electron chi connectivity index (χ2n) is 6.47. The molecule has 27 heavy (non-hydrogen) atoms. The number of sulfonamides is 1. The first-order valence-corrected chi connectivity index (χ1v) is 10.2. The van der Waals surface area contributed by atoms with Gasteiger partial charge in [-0.15, -0.1) is 0 Å². The van der Waals surface area contributed by atoms with E-state index in [9.17, 15) is 22.0 Å². The molecule has 0 aliphatic rings. The highest BCUT2D eigenvalue weighted by atomic mass is 32.2. The molecule has 8 heteroatoms. The lowest BCUT2D eigenvalue weighted by Crippen LogP contribution is -2.48. The Morgan fingerprint density at radius 1 is 1.04 bits per heavy atom. The fourth-order valence-electron chi connectivity index (χ4n) is 2.70. The lowest BCUT2D eigenvalue weighted by molar-refractivity contribution is -0.122. The zero-order valence-electron chi connectivity index (χ0n) is 15.5. The van der Waals surface area contributed by atoms with E-state index in [0.717, 1.165) is 39.9 Å². The molecule has 0 unspecified atom stereocenters. The number of aryl methyl sites for hydroxylation is 1. The second kappa shape index (κ2) is 8.04. The quantitative estimate of drug-likeness (QED) is 0.815. The summed E-state index contributed by atoms with van der Waals surface area (Å²) in [5, 5.41) is 2.75. The van der Waals surface area contributed by atoms with E-state index >= 15 is 0 Å². The Kier molecular flexibility index (Phi) is 6.20.